The predicted octanol–water partition coefficient (Wildman–Crippen LogP) is 3.84. The lowest BCUT2D eigenvalue weighted by molar-refractivity contribution is -0.122. The van der Waals surface area contributed by atoms with Crippen molar-refractivity contribution in [2.75, 3.05) is 32.7 Å². The van der Waals surface area contributed by atoms with Crippen molar-refractivity contribution >= 4 is 12.0 Å². The number of hydrogen-bond acceptors (Lipinski definition) is 4. The second-order valence-electron chi connectivity index (χ2n) is 8.88. The first-order valence-electron chi connectivity index (χ1n) is 10.9. The van der Waals surface area contributed by atoms with E-state index in [1.165, 1.54) is 0 Å². The second-order valence-corrected chi connectivity index (χ2v) is 8.88. The highest BCUT2D eigenvalue weighted by Crippen LogP contribution is 2.22. The van der Waals surface area contributed by atoms with E-state index in [1.807, 2.05) is 81.4 Å². The molecule has 1 aliphatic rings. The molecular formula is C25H33N3O3. The number of benzene rings is 2. The van der Waals surface area contributed by atoms with Crippen LogP contribution in [0.3, 0.4) is 0 Å². The number of piperazine rings is 1. The summed E-state index contributed by atoms with van der Waals surface area (Å²) in [5, 5.41) is 3.19. The minimum absolute atomic E-state index is 0.0206. The Kier molecular flexibility index (Phi) is 7.69. The molecule has 0 spiro atoms. The summed E-state index contributed by atoms with van der Waals surface area (Å²) in [6.45, 7) is 9.01. The van der Waals surface area contributed by atoms with Crippen LogP contribution in [0.25, 0.3) is 0 Å². The third kappa shape index (κ3) is 7.10. The highest BCUT2D eigenvalue weighted by Gasteiger charge is 2.26. The normalized spacial score (nSPS) is 15.0. The molecule has 0 atom stereocenters. The third-order valence-corrected chi connectivity index (χ3v) is 5.25. The Bertz CT molecular complexity index is 802. The third-order valence-electron chi connectivity index (χ3n) is 5.25. The van der Waals surface area contributed by atoms with E-state index in [9.17, 15) is 9.59 Å². The summed E-state index contributed by atoms with van der Waals surface area (Å²) in [7, 11) is 0. The molecule has 1 N–H and O–H groups in total. The Morgan fingerprint density at radius 1 is 0.903 bits per heavy atom. The molecule has 0 saturated carbocycles. The molecule has 0 aliphatic carbocycles. The molecule has 0 aromatic heterocycles. The number of amides is 2. The van der Waals surface area contributed by atoms with Crippen LogP contribution >= 0.6 is 0 Å². The molecule has 166 valence electrons. The summed E-state index contributed by atoms with van der Waals surface area (Å²) in [5.74, 6) is 0.0206. The van der Waals surface area contributed by atoms with E-state index < -0.39 is 5.60 Å². The first kappa shape index (κ1) is 22.8. The molecule has 2 amide bonds. The first-order chi connectivity index (χ1) is 14.8. The molecule has 0 bridgehead atoms. The van der Waals surface area contributed by atoms with Gasteiger partial charge in [0.2, 0.25) is 5.91 Å². The molecule has 1 aliphatic heterocycles. The van der Waals surface area contributed by atoms with E-state index in [4.69, 9.17) is 4.74 Å². The van der Waals surface area contributed by atoms with Crippen LogP contribution in [-0.2, 0) is 9.53 Å². The minimum Gasteiger partial charge on any atom is -0.444 e. The van der Waals surface area contributed by atoms with Gasteiger partial charge in [-0.25, -0.2) is 4.79 Å². The van der Waals surface area contributed by atoms with Gasteiger partial charge in [-0.1, -0.05) is 60.7 Å². The summed E-state index contributed by atoms with van der Waals surface area (Å²) in [6.07, 6.45) is 0.154. The van der Waals surface area contributed by atoms with Gasteiger partial charge in [0, 0.05) is 39.1 Å². The van der Waals surface area contributed by atoms with Crippen molar-refractivity contribution in [2.24, 2.45) is 0 Å². The van der Waals surface area contributed by atoms with Gasteiger partial charge in [0.05, 0.1) is 6.04 Å². The maximum absolute atomic E-state index is 12.7. The van der Waals surface area contributed by atoms with Crippen molar-refractivity contribution in [3.63, 3.8) is 0 Å². The van der Waals surface area contributed by atoms with Gasteiger partial charge in [-0.2, -0.15) is 0 Å². The zero-order chi connectivity index (χ0) is 22.3. The van der Waals surface area contributed by atoms with Crippen molar-refractivity contribution < 1.29 is 14.3 Å². The smallest absolute Gasteiger partial charge is 0.410 e. The van der Waals surface area contributed by atoms with Crippen LogP contribution in [0.5, 0.6) is 0 Å². The summed E-state index contributed by atoms with van der Waals surface area (Å²) in [4.78, 5) is 28.9. The fraction of sp³-hybridized carbons (Fsp3) is 0.440. The molecule has 3 rings (SSSR count). The number of carbonyl (C=O) groups excluding carboxylic acids is 2. The van der Waals surface area contributed by atoms with Gasteiger partial charge >= 0.3 is 6.09 Å². The molecule has 1 saturated heterocycles. The molecule has 2 aromatic carbocycles. The van der Waals surface area contributed by atoms with Crippen molar-refractivity contribution in [1.29, 1.82) is 0 Å². The van der Waals surface area contributed by atoms with E-state index in [-0.39, 0.29) is 18.0 Å². The van der Waals surface area contributed by atoms with Crippen LogP contribution in [-0.4, -0.2) is 60.1 Å². The average molecular weight is 424 g/mol. The van der Waals surface area contributed by atoms with Gasteiger partial charge in [-0.05, 0) is 31.9 Å². The minimum atomic E-state index is -0.486. The average Bonchev–Trinajstić information content (AvgIpc) is 2.76. The topological polar surface area (TPSA) is 61.9 Å². The van der Waals surface area contributed by atoms with E-state index >= 15 is 0 Å². The van der Waals surface area contributed by atoms with Gasteiger partial charge < -0.3 is 15.0 Å². The van der Waals surface area contributed by atoms with Gasteiger partial charge in [-0.15, -0.1) is 0 Å². The zero-order valence-corrected chi connectivity index (χ0v) is 18.7. The van der Waals surface area contributed by atoms with Crippen LogP contribution in [0.2, 0.25) is 0 Å². The summed E-state index contributed by atoms with van der Waals surface area (Å²) in [5.41, 5.74) is 1.64. The Labute approximate surface area is 185 Å². The Balaban J connectivity index is 1.50. The molecule has 2 aromatic rings. The van der Waals surface area contributed by atoms with Gasteiger partial charge in [-0.3, -0.25) is 9.69 Å². The fourth-order valence-electron chi connectivity index (χ4n) is 3.62. The highest BCUT2D eigenvalue weighted by atomic mass is 16.6. The van der Waals surface area contributed by atoms with Crippen molar-refractivity contribution in [3.05, 3.63) is 71.8 Å². The number of nitrogens with zero attached hydrogens (tertiary/aromatic N) is 2. The quantitative estimate of drug-likeness (QED) is 0.767. The number of hydrogen-bond donors (Lipinski definition) is 1. The molecule has 0 radical (unpaired) electrons. The highest BCUT2D eigenvalue weighted by molar-refractivity contribution is 5.77. The fourth-order valence-corrected chi connectivity index (χ4v) is 3.62. The molecule has 6 heteroatoms. The van der Waals surface area contributed by atoms with Crippen molar-refractivity contribution in [1.82, 2.24) is 15.1 Å². The Hall–Kier alpha value is -2.86. The standard InChI is InChI=1S/C25H33N3O3/c1-25(2,3)31-24(30)28-18-16-27(17-19-28)15-14-22(29)26-23(20-10-6-4-7-11-20)21-12-8-5-9-13-21/h4-13,23H,14-19H2,1-3H3,(H,26,29). The number of carbonyl (C=O) groups is 2. The summed E-state index contributed by atoms with van der Waals surface area (Å²) < 4.78 is 5.44. The molecule has 0 unspecified atom stereocenters. The molecule has 31 heavy (non-hydrogen) atoms. The van der Waals surface area contributed by atoms with Crippen molar-refractivity contribution in [3.8, 4) is 0 Å². The van der Waals surface area contributed by atoms with E-state index in [2.05, 4.69) is 10.2 Å². The first-order valence-corrected chi connectivity index (χ1v) is 10.9. The number of nitrogens with one attached hydrogen (secondary N) is 1. The SMILES string of the molecule is CC(C)(C)OC(=O)N1CCN(CCC(=O)NC(c2ccccc2)c2ccccc2)CC1. The summed E-state index contributed by atoms with van der Waals surface area (Å²) in [6, 6.07) is 19.9. The van der Waals surface area contributed by atoms with E-state index in [0.29, 0.717) is 26.1 Å². The van der Waals surface area contributed by atoms with Crippen LogP contribution in [0.4, 0.5) is 4.79 Å². The lowest BCUT2D eigenvalue weighted by Gasteiger charge is -2.35. The van der Waals surface area contributed by atoms with Crippen LogP contribution in [0, 0.1) is 0 Å². The largest absolute Gasteiger partial charge is 0.444 e. The monoisotopic (exact) mass is 423 g/mol. The van der Waals surface area contributed by atoms with E-state index in [0.717, 1.165) is 24.2 Å². The van der Waals surface area contributed by atoms with Gasteiger partial charge in [0.1, 0.15) is 5.60 Å². The lowest BCUT2D eigenvalue weighted by Crippen LogP contribution is -2.50. The molecular weight excluding hydrogens is 390 g/mol. The van der Waals surface area contributed by atoms with Gasteiger partial charge in [0.15, 0.2) is 0 Å². The number of rotatable bonds is 6. The zero-order valence-electron chi connectivity index (χ0n) is 18.7. The molecule has 1 fully saturated rings. The Morgan fingerprint density at radius 2 is 1.42 bits per heavy atom. The van der Waals surface area contributed by atoms with Crippen LogP contribution < -0.4 is 5.32 Å². The molecule has 1 heterocycles. The maximum Gasteiger partial charge on any atom is 0.410 e. The predicted molar refractivity (Wildman–Crippen MR) is 122 cm³/mol. The van der Waals surface area contributed by atoms with E-state index in [1.54, 1.807) is 4.90 Å². The Morgan fingerprint density at radius 3 is 1.90 bits per heavy atom. The summed E-state index contributed by atoms with van der Waals surface area (Å²) >= 11 is 0. The molecule has 6 nitrogen and oxygen atoms in total. The number of ether oxygens (including phenoxy) is 1. The second kappa shape index (κ2) is 10.4. The van der Waals surface area contributed by atoms with Crippen LogP contribution in [0.1, 0.15) is 44.4 Å². The van der Waals surface area contributed by atoms with Gasteiger partial charge in [0.25, 0.3) is 0 Å². The van der Waals surface area contributed by atoms with Crippen LogP contribution in [0.15, 0.2) is 60.7 Å². The maximum atomic E-state index is 12.7. The lowest BCUT2D eigenvalue weighted by atomic mass is 9.98. The van der Waals surface area contributed by atoms with Crippen molar-refractivity contribution in [2.45, 2.75) is 38.8 Å².